The van der Waals surface area contributed by atoms with Gasteiger partial charge in [0.2, 0.25) is 11.5 Å². The number of hydrogen-bond donors (Lipinski definition) is 0. The van der Waals surface area contributed by atoms with Gasteiger partial charge in [0.1, 0.15) is 18.1 Å². The summed E-state index contributed by atoms with van der Waals surface area (Å²) in [5, 5.41) is 0. The third-order valence-electron chi connectivity index (χ3n) is 2.54. The van der Waals surface area contributed by atoms with Crippen LogP contribution in [0.2, 0.25) is 0 Å². The van der Waals surface area contributed by atoms with E-state index in [2.05, 4.69) is 15.0 Å². The maximum Gasteiger partial charge on any atom is 0.447 e. The fourth-order valence-electron chi connectivity index (χ4n) is 1.22. The highest BCUT2D eigenvalue weighted by molar-refractivity contribution is 7.63. The number of carbonyl (C=O) groups is 2. The average Bonchev–Trinajstić information content (AvgIpc) is 2.99. The van der Waals surface area contributed by atoms with E-state index in [1.54, 1.807) is 19.1 Å². The van der Waals surface area contributed by atoms with Gasteiger partial charge in [-0.3, -0.25) is 4.79 Å². The van der Waals surface area contributed by atoms with Crippen LogP contribution >= 0.6 is 0 Å². The zero-order valence-corrected chi connectivity index (χ0v) is 14.3. The van der Waals surface area contributed by atoms with Gasteiger partial charge >= 0.3 is 12.1 Å². The van der Waals surface area contributed by atoms with Crippen molar-refractivity contribution in [3.63, 3.8) is 0 Å². The summed E-state index contributed by atoms with van der Waals surface area (Å²) in [6.07, 6.45) is -0.259. The number of hydrogen-bond acceptors (Lipinski definition) is 7. The number of ether oxygens (including phenoxy) is 2. The molecule has 10 heteroatoms. The molecule has 0 spiro atoms. The third-order valence-corrected chi connectivity index (χ3v) is 2.76. The quantitative estimate of drug-likeness (QED) is 0.561. The standard InChI is InChI=1S/C12H15NO6S.CH2OS/c1-3-8(2)11(14)17-6-9-4-5-10(19-9)7-18-12(15)13-20-16;1-3-2/h4-5,8H,3,6-7H2,1-2H3;1H2. The highest BCUT2D eigenvalue weighted by atomic mass is 32.1. The van der Waals surface area contributed by atoms with E-state index < -0.39 is 6.09 Å². The van der Waals surface area contributed by atoms with Gasteiger partial charge in [0.15, 0.2) is 6.61 Å². The summed E-state index contributed by atoms with van der Waals surface area (Å²) in [7, 11) is 0. The van der Waals surface area contributed by atoms with Gasteiger partial charge in [-0.05, 0) is 24.4 Å². The van der Waals surface area contributed by atoms with E-state index in [1.165, 1.54) is 0 Å². The molecule has 128 valence electrons. The molecule has 1 unspecified atom stereocenters. The SMILES string of the molecule is C=S=O.CCC(C)C(=O)OCc1ccc(COC(=O)N=S=O)o1. The molecule has 0 aliphatic carbocycles. The minimum atomic E-state index is -0.967. The zero-order valence-electron chi connectivity index (χ0n) is 12.7. The van der Waals surface area contributed by atoms with E-state index in [9.17, 15) is 13.8 Å². The molecule has 8 nitrogen and oxygen atoms in total. The van der Waals surface area contributed by atoms with Crippen LogP contribution in [0.1, 0.15) is 31.8 Å². The Balaban J connectivity index is 0.00000149. The number of esters is 1. The molecule has 1 rings (SSSR count). The molecule has 0 radical (unpaired) electrons. The van der Waals surface area contributed by atoms with Gasteiger partial charge in [-0.2, -0.15) is 4.21 Å². The summed E-state index contributed by atoms with van der Waals surface area (Å²) in [5.74, 6) is 3.22. The van der Waals surface area contributed by atoms with E-state index in [-0.39, 0.29) is 47.8 Å². The largest absolute Gasteiger partial charge is 0.459 e. The number of amides is 1. The van der Waals surface area contributed by atoms with Crippen LogP contribution < -0.4 is 0 Å². The van der Waals surface area contributed by atoms with Crippen molar-refractivity contribution in [2.45, 2.75) is 33.5 Å². The molecule has 0 fully saturated rings. The number of furan rings is 1. The topological polar surface area (TPSA) is 112 Å². The monoisotopic (exact) mass is 363 g/mol. The van der Waals surface area contributed by atoms with Gasteiger partial charge in [0, 0.05) is 0 Å². The molecule has 0 aromatic carbocycles. The molecule has 0 saturated carbocycles. The average molecular weight is 363 g/mol. The van der Waals surface area contributed by atoms with Crippen LogP contribution in [0.5, 0.6) is 0 Å². The van der Waals surface area contributed by atoms with Crippen molar-refractivity contribution in [1.29, 1.82) is 0 Å². The van der Waals surface area contributed by atoms with Crippen molar-refractivity contribution < 1.29 is 31.9 Å². The minimum Gasteiger partial charge on any atom is -0.459 e. The van der Waals surface area contributed by atoms with Crippen molar-refractivity contribution in [2.75, 3.05) is 0 Å². The molecule has 0 aliphatic heterocycles. The maximum absolute atomic E-state index is 11.5. The first kappa shape index (κ1) is 20.9. The fraction of sp³-hybridized carbons (Fsp3) is 0.462. The Hall–Kier alpha value is -2.07. The normalized spacial score (nSPS) is 10.5. The summed E-state index contributed by atoms with van der Waals surface area (Å²) in [6, 6.07) is 3.20. The van der Waals surface area contributed by atoms with Crippen LogP contribution in [0.4, 0.5) is 4.79 Å². The molecule has 23 heavy (non-hydrogen) atoms. The van der Waals surface area contributed by atoms with Crippen molar-refractivity contribution in [2.24, 2.45) is 10.3 Å². The lowest BCUT2D eigenvalue weighted by Crippen LogP contribution is -2.13. The molecule has 1 amide bonds. The first-order chi connectivity index (χ1) is 11.0. The first-order valence-corrected chi connectivity index (χ1v) is 8.04. The van der Waals surface area contributed by atoms with E-state index in [0.717, 1.165) is 0 Å². The lowest BCUT2D eigenvalue weighted by Gasteiger charge is -2.07. The molecule has 1 heterocycles. The lowest BCUT2D eigenvalue weighted by molar-refractivity contribution is -0.149. The van der Waals surface area contributed by atoms with E-state index in [0.29, 0.717) is 17.9 Å². The highest BCUT2D eigenvalue weighted by Crippen LogP contribution is 2.12. The van der Waals surface area contributed by atoms with Crippen LogP contribution in [0.3, 0.4) is 0 Å². The Labute approximate surface area is 140 Å². The Bertz CT molecular complexity index is 601. The molecule has 0 aliphatic rings. The van der Waals surface area contributed by atoms with Gasteiger partial charge in [-0.15, -0.1) is 0 Å². The highest BCUT2D eigenvalue weighted by Gasteiger charge is 2.13. The van der Waals surface area contributed by atoms with Crippen LogP contribution in [0, 0.1) is 5.92 Å². The van der Waals surface area contributed by atoms with E-state index in [1.807, 2.05) is 6.92 Å². The Morgan fingerprint density at radius 2 is 1.78 bits per heavy atom. The van der Waals surface area contributed by atoms with Gasteiger partial charge in [0.25, 0.3) is 0 Å². The molecule has 1 aromatic heterocycles. The van der Waals surface area contributed by atoms with E-state index >= 15 is 0 Å². The molecular formula is C13H17NO7S2. The van der Waals surface area contributed by atoms with Crippen LogP contribution in [-0.2, 0) is 50.2 Å². The second kappa shape index (κ2) is 12.5. The Kier molecular flexibility index (Phi) is 11.3. The predicted molar refractivity (Wildman–Crippen MR) is 84.0 cm³/mol. The van der Waals surface area contributed by atoms with Crippen LogP contribution in [0.15, 0.2) is 20.9 Å². The van der Waals surface area contributed by atoms with Crippen molar-refractivity contribution in [3.05, 3.63) is 23.7 Å². The molecular weight excluding hydrogens is 346 g/mol. The zero-order chi connectivity index (χ0) is 17.7. The van der Waals surface area contributed by atoms with Crippen LogP contribution in [-0.4, -0.2) is 26.4 Å². The summed E-state index contributed by atoms with van der Waals surface area (Å²) in [6.45, 7) is 3.57. The fourth-order valence-corrected chi connectivity index (χ4v) is 1.33. The van der Waals surface area contributed by atoms with Gasteiger partial charge in [-0.25, -0.2) is 9.00 Å². The minimum absolute atomic E-state index is 0.0257. The molecule has 0 saturated heterocycles. The summed E-state index contributed by atoms with van der Waals surface area (Å²) >= 11 is 0.0285. The Morgan fingerprint density at radius 3 is 2.26 bits per heavy atom. The second-order valence-corrected chi connectivity index (χ2v) is 4.69. The molecule has 0 bridgehead atoms. The van der Waals surface area contributed by atoms with Crippen LogP contribution in [0.25, 0.3) is 0 Å². The van der Waals surface area contributed by atoms with E-state index in [4.69, 9.17) is 13.4 Å². The summed E-state index contributed by atoms with van der Waals surface area (Å²) in [5.41, 5.74) is 0. The van der Waals surface area contributed by atoms with Gasteiger partial charge < -0.3 is 13.9 Å². The van der Waals surface area contributed by atoms with Crippen molar-refractivity contribution >= 4 is 40.7 Å². The summed E-state index contributed by atoms with van der Waals surface area (Å²) < 4.78 is 36.6. The number of nitrogens with zero attached hydrogens (tertiary/aromatic N) is 1. The maximum atomic E-state index is 11.5. The molecule has 1 aromatic rings. The number of rotatable bonds is 6. The van der Waals surface area contributed by atoms with Crippen molar-refractivity contribution in [1.82, 2.24) is 0 Å². The number of carbonyl (C=O) groups excluding carboxylic acids is 2. The smallest absolute Gasteiger partial charge is 0.447 e. The van der Waals surface area contributed by atoms with Gasteiger partial charge in [0.05, 0.1) is 17.2 Å². The molecule has 1 atom stereocenters. The third kappa shape index (κ3) is 9.53. The van der Waals surface area contributed by atoms with Gasteiger partial charge in [-0.1, -0.05) is 18.2 Å². The predicted octanol–water partition coefficient (Wildman–Crippen LogP) is 2.03. The second-order valence-electron chi connectivity index (χ2n) is 4.12. The van der Waals surface area contributed by atoms with Crippen molar-refractivity contribution in [3.8, 4) is 0 Å². The first-order valence-electron chi connectivity index (χ1n) is 6.43. The Morgan fingerprint density at radius 1 is 1.26 bits per heavy atom. The lowest BCUT2D eigenvalue weighted by atomic mass is 10.1. The molecule has 0 N–H and O–H groups in total. The summed E-state index contributed by atoms with van der Waals surface area (Å²) in [4.78, 5) is 22.3.